The molecule has 0 spiro atoms. The van der Waals surface area contributed by atoms with E-state index in [4.69, 9.17) is 4.74 Å². The maximum Gasteiger partial charge on any atom is 0.410 e. The molecule has 0 saturated carbocycles. The van der Waals surface area contributed by atoms with Crippen LogP contribution in [0.1, 0.15) is 37.7 Å². The van der Waals surface area contributed by atoms with E-state index in [0.29, 0.717) is 11.3 Å². The number of amides is 1. The monoisotopic (exact) mass is 337 g/mol. The lowest BCUT2D eigenvalue weighted by molar-refractivity contribution is 0.0236. The van der Waals surface area contributed by atoms with Gasteiger partial charge in [-0.15, -0.1) is 0 Å². The van der Waals surface area contributed by atoms with Crippen LogP contribution in [0.15, 0.2) is 0 Å². The van der Waals surface area contributed by atoms with E-state index in [1.165, 1.54) is 4.90 Å². The maximum atomic E-state index is 13.2. The number of hydrogen-bond acceptors (Lipinski definition) is 3. The van der Waals surface area contributed by atoms with E-state index in [2.05, 4.69) is 26.1 Å². The number of fused-ring (bicyclic) bond motifs is 1. The van der Waals surface area contributed by atoms with Crippen molar-refractivity contribution in [1.29, 1.82) is 0 Å². The van der Waals surface area contributed by atoms with Crippen molar-refractivity contribution >= 4 is 22.0 Å². The van der Waals surface area contributed by atoms with Crippen molar-refractivity contribution in [2.24, 2.45) is 0 Å². The first kappa shape index (κ1) is 14.2. The summed E-state index contributed by atoms with van der Waals surface area (Å²) >= 11 is 2.27. The zero-order valence-electron chi connectivity index (χ0n) is 10.8. The van der Waals surface area contributed by atoms with E-state index < -0.39 is 16.5 Å². The van der Waals surface area contributed by atoms with Gasteiger partial charge in [0.15, 0.2) is 0 Å². The highest BCUT2D eigenvalue weighted by atomic mass is 79.9. The molecule has 1 aliphatic heterocycles. The Morgan fingerprint density at radius 1 is 1.42 bits per heavy atom. The maximum absolute atomic E-state index is 13.2. The largest absolute Gasteiger partial charge is 0.444 e. The summed E-state index contributed by atoms with van der Waals surface area (Å²) in [4.78, 5) is 10.0. The van der Waals surface area contributed by atoms with Crippen molar-refractivity contribution in [1.82, 2.24) is 15.1 Å². The Balaban J connectivity index is 2.13. The quantitative estimate of drug-likeness (QED) is 0.801. The Hall–Kier alpha value is -1.18. The fraction of sp³-hybridized carbons (Fsp3) is 0.636. The molecule has 2 rings (SSSR count). The fourth-order valence-corrected chi connectivity index (χ4v) is 2.16. The lowest BCUT2D eigenvalue weighted by Crippen LogP contribution is -2.33. The van der Waals surface area contributed by atoms with Gasteiger partial charge in [-0.3, -0.25) is 10.00 Å². The molecule has 1 aromatic heterocycles. The SMILES string of the molecule is CC(C)(C)OC(=O)N1Cc2[nH]nc(C(F)(F)Br)c2C1. The molecule has 2 heterocycles. The number of carbonyl (C=O) groups excluding carboxylic acids is 1. The Morgan fingerprint density at radius 2 is 2.05 bits per heavy atom. The minimum absolute atomic E-state index is 0.0667. The van der Waals surface area contributed by atoms with Crippen molar-refractivity contribution < 1.29 is 18.3 Å². The molecule has 0 radical (unpaired) electrons. The normalized spacial score (nSPS) is 15.6. The van der Waals surface area contributed by atoms with Gasteiger partial charge in [0.1, 0.15) is 11.3 Å². The van der Waals surface area contributed by atoms with Crippen LogP contribution in [0.2, 0.25) is 0 Å². The topological polar surface area (TPSA) is 58.2 Å². The van der Waals surface area contributed by atoms with Gasteiger partial charge in [0.05, 0.1) is 18.8 Å². The number of nitrogens with zero attached hydrogens (tertiary/aromatic N) is 2. The summed E-state index contributed by atoms with van der Waals surface area (Å²) in [5.41, 5.74) is -0.144. The summed E-state index contributed by atoms with van der Waals surface area (Å²) in [6.45, 7) is 5.51. The Bertz CT molecular complexity index is 505. The third-order valence-corrected chi connectivity index (χ3v) is 2.95. The van der Waals surface area contributed by atoms with Gasteiger partial charge in [-0.1, -0.05) is 0 Å². The summed E-state index contributed by atoms with van der Waals surface area (Å²) in [6.07, 6.45) is -0.527. The van der Waals surface area contributed by atoms with Crippen LogP contribution < -0.4 is 0 Å². The van der Waals surface area contributed by atoms with Crippen molar-refractivity contribution in [3.8, 4) is 0 Å². The van der Waals surface area contributed by atoms with E-state index in [-0.39, 0.29) is 18.8 Å². The molecule has 0 fully saturated rings. The summed E-state index contributed by atoms with van der Waals surface area (Å²) in [7, 11) is 0. The lowest BCUT2D eigenvalue weighted by Gasteiger charge is -2.24. The minimum Gasteiger partial charge on any atom is -0.444 e. The van der Waals surface area contributed by atoms with Gasteiger partial charge >= 0.3 is 10.9 Å². The van der Waals surface area contributed by atoms with Gasteiger partial charge in [0.25, 0.3) is 0 Å². The average Bonchev–Trinajstić information content (AvgIpc) is 2.68. The highest BCUT2D eigenvalue weighted by Gasteiger charge is 2.39. The number of rotatable bonds is 1. The predicted octanol–water partition coefficient (Wildman–Crippen LogP) is 3.10. The molecular formula is C11H14BrF2N3O2. The van der Waals surface area contributed by atoms with Gasteiger partial charge in [-0.2, -0.15) is 13.9 Å². The second-order valence-electron chi connectivity index (χ2n) is 5.36. The van der Waals surface area contributed by atoms with Gasteiger partial charge in [-0.05, 0) is 36.7 Å². The predicted molar refractivity (Wildman–Crippen MR) is 66.9 cm³/mol. The smallest absolute Gasteiger partial charge is 0.410 e. The molecule has 1 amide bonds. The Kier molecular flexibility index (Phi) is 3.32. The fourth-order valence-electron chi connectivity index (χ4n) is 1.83. The second-order valence-corrected chi connectivity index (χ2v) is 6.36. The number of ether oxygens (including phenoxy) is 1. The summed E-state index contributed by atoms with van der Waals surface area (Å²) in [5, 5.41) is 6.11. The van der Waals surface area contributed by atoms with Crippen molar-refractivity contribution in [2.45, 2.75) is 44.3 Å². The van der Waals surface area contributed by atoms with Crippen molar-refractivity contribution in [3.63, 3.8) is 0 Å². The van der Waals surface area contributed by atoms with Gasteiger partial charge in [0.2, 0.25) is 0 Å². The Labute approximate surface area is 117 Å². The number of aromatic amines is 1. The van der Waals surface area contributed by atoms with E-state index in [9.17, 15) is 13.6 Å². The third kappa shape index (κ3) is 3.05. The number of alkyl halides is 3. The molecule has 0 atom stereocenters. The van der Waals surface area contributed by atoms with Crippen molar-refractivity contribution in [3.05, 3.63) is 17.0 Å². The zero-order valence-corrected chi connectivity index (χ0v) is 12.3. The van der Waals surface area contributed by atoms with Crippen molar-refractivity contribution in [2.75, 3.05) is 0 Å². The van der Waals surface area contributed by atoms with Crippen LogP contribution in [-0.4, -0.2) is 26.8 Å². The summed E-state index contributed by atoms with van der Waals surface area (Å²) in [5.74, 6) is 0. The van der Waals surface area contributed by atoms with Gasteiger partial charge < -0.3 is 4.74 Å². The van der Waals surface area contributed by atoms with Crippen LogP contribution in [0.3, 0.4) is 0 Å². The molecular weight excluding hydrogens is 324 g/mol. The molecule has 0 aliphatic carbocycles. The van der Waals surface area contributed by atoms with E-state index in [1.807, 2.05) is 0 Å². The van der Waals surface area contributed by atoms with Crippen LogP contribution in [0.5, 0.6) is 0 Å². The van der Waals surface area contributed by atoms with E-state index in [1.54, 1.807) is 20.8 Å². The van der Waals surface area contributed by atoms with E-state index in [0.717, 1.165) is 0 Å². The first-order chi connectivity index (χ1) is 8.58. The third-order valence-electron chi connectivity index (χ3n) is 2.57. The average molecular weight is 338 g/mol. The van der Waals surface area contributed by atoms with Crippen LogP contribution in [-0.2, 0) is 22.7 Å². The summed E-state index contributed by atoms with van der Waals surface area (Å²) < 4.78 is 31.7. The number of carbonyl (C=O) groups is 1. The van der Waals surface area contributed by atoms with E-state index >= 15 is 0 Å². The van der Waals surface area contributed by atoms with Gasteiger partial charge in [-0.25, -0.2) is 4.79 Å². The first-order valence-corrected chi connectivity index (χ1v) is 6.48. The molecule has 0 bridgehead atoms. The van der Waals surface area contributed by atoms with Crippen LogP contribution >= 0.6 is 15.9 Å². The van der Waals surface area contributed by atoms with Crippen LogP contribution in [0.25, 0.3) is 0 Å². The molecule has 0 aromatic carbocycles. The van der Waals surface area contributed by atoms with Gasteiger partial charge in [0, 0.05) is 5.56 Å². The number of halogens is 3. The second kappa shape index (κ2) is 4.43. The molecule has 5 nitrogen and oxygen atoms in total. The lowest BCUT2D eigenvalue weighted by atomic mass is 10.2. The number of hydrogen-bond donors (Lipinski definition) is 1. The molecule has 0 unspecified atom stereocenters. The molecule has 19 heavy (non-hydrogen) atoms. The molecule has 1 aliphatic rings. The first-order valence-electron chi connectivity index (χ1n) is 5.69. The molecule has 1 aromatic rings. The molecule has 8 heteroatoms. The zero-order chi connectivity index (χ0) is 14.4. The Morgan fingerprint density at radius 3 is 2.58 bits per heavy atom. The highest BCUT2D eigenvalue weighted by molar-refractivity contribution is 9.09. The number of nitrogens with one attached hydrogen (secondary N) is 1. The van der Waals surface area contributed by atoms with Crippen LogP contribution in [0, 0.1) is 0 Å². The standard InChI is InChI=1S/C11H14BrF2N3O2/c1-10(2,3)19-9(18)17-4-6-7(5-17)15-16-8(6)11(12,13)14/h4-5H2,1-3H3,(H,15,16). The number of aromatic nitrogens is 2. The number of H-pyrrole nitrogens is 1. The molecule has 1 N–H and O–H groups in total. The summed E-state index contributed by atoms with van der Waals surface area (Å²) in [6, 6.07) is 0. The van der Waals surface area contributed by atoms with Crippen LogP contribution in [0.4, 0.5) is 13.6 Å². The molecule has 0 saturated heterocycles. The molecule has 106 valence electrons. The minimum atomic E-state index is -3.21. The highest BCUT2D eigenvalue weighted by Crippen LogP contribution is 2.39.